The summed E-state index contributed by atoms with van der Waals surface area (Å²) in [5.41, 5.74) is -1.38. The molecule has 1 N–H and O–H groups in total. The Bertz CT molecular complexity index is 828. The summed E-state index contributed by atoms with van der Waals surface area (Å²) in [6.07, 6.45) is 3.98. The normalized spacial score (nSPS) is 22.6. The van der Waals surface area contributed by atoms with E-state index in [0.29, 0.717) is 32.5 Å². The van der Waals surface area contributed by atoms with E-state index in [4.69, 9.17) is 14.2 Å². The fourth-order valence-electron chi connectivity index (χ4n) is 4.06. The standard InChI is InChI=1S/C26H37NO6/c1-7-20-17-26(30,23(28)8-2)22(27(20)24(29)33-25(3,4)5)11-9-10-16-32-18-19-12-14-21(31-6)15-13-19/h7-8,12-15,20,22,30H,1-2,9-11,16-18H2,3-6H3/t20-,22+,26-/m1/s1. The molecule has 3 atom stereocenters. The Morgan fingerprint density at radius 3 is 2.42 bits per heavy atom. The second kappa shape index (κ2) is 11.5. The van der Waals surface area contributed by atoms with Crippen molar-refractivity contribution >= 4 is 11.9 Å². The van der Waals surface area contributed by atoms with Gasteiger partial charge in [0.25, 0.3) is 0 Å². The van der Waals surface area contributed by atoms with Crippen LogP contribution in [0.15, 0.2) is 49.6 Å². The number of ketones is 1. The number of aliphatic hydroxyl groups is 1. The van der Waals surface area contributed by atoms with E-state index in [1.807, 2.05) is 24.3 Å². The fraction of sp³-hybridized carbons (Fsp3) is 0.538. The van der Waals surface area contributed by atoms with Gasteiger partial charge >= 0.3 is 6.09 Å². The largest absolute Gasteiger partial charge is 0.497 e. The summed E-state index contributed by atoms with van der Waals surface area (Å²) in [4.78, 5) is 27.0. The number of likely N-dealkylation sites (tertiary alicyclic amines) is 1. The van der Waals surface area contributed by atoms with Crippen molar-refractivity contribution in [3.63, 3.8) is 0 Å². The van der Waals surface area contributed by atoms with Crippen molar-refractivity contribution < 1.29 is 28.9 Å². The number of hydrogen-bond acceptors (Lipinski definition) is 6. The molecule has 7 heteroatoms. The number of benzene rings is 1. The molecule has 0 aliphatic carbocycles. The van der Waals surface area contributed by atoms with Gasteiger partial charge in [-0.3, -0.25) is 9.69 Å². The average molecular weight is 460 g/mol. The molecule has 1 saturated heterocycles. The van der Waals surface area contributed by atoms with Crippen LogP contribution < -0.4 is 4.74 Å². The predicted octanol–water partition coefficient (Wildman–Crippen LogP) is 4.43. The van der Waals surface area contributed by atoms with Gasteiger partial charge in [0, 0.05) is 13.0 Å². The highest BCUT2D eigenvalue weighted by atomic mass is 16.6. The van der Waals surface area contributed by atoms with Crippen LogP contribution >= 0.6 is 0 Å². The lowest BCUT2D eigenvalue weighted by Gasteiger charge is -2.34. The summed E-state index contributed by atoms with van der Waals surface area (Å²) in [7, 11) is 1.63. The number of amides is 1. The summed E-state index contributed by atoms with van der Waals surface area (Å²) >= 11 is 0. The van der Waals surface area contributed by atoms with Crippen molar-refractivity contribution in [3.8, 4) is 5.75 Å². The predicted molar refractivity (Wildman–Crippen MR) is 127 cm³/mol. The number of ether oxygens (including phenoxy) is 3. The third kappa shape index (κ3) is 6.92. The van der Waals surface area contributed by atoms with E-state index in [1.165, 1.54) is 4.90 Å². The van der Waals surface area contributed by atoms with Crippen molar-refractivity contribution in [2.75, 3.05) is 13.7 Å². The molecule has 1 aromatic rings. The fourth-order valence-corrected chi connectivity index (χ4v) is 4.06. The topological polar surface area (TPSA) is 85.3 Å². The lowest BCUT2D eigenvalue weighted by atomic mass is 9.86. The van der Waals surface area contributed by atoms with Crippen molar-refractivity contribution in [1.29, 1.82) is 0 Å². The van der Waals surface area contributed by atoms with Crippen molar-refractivity contribution in [1.82, 2.24) is 4.90 Å². The summed E-state index contributed by atoms with van der Waals surface area (Å²) < 4.78 is 16.5. The molecule has 0 spiro atoms. The first kappa shape index (κ1) is 26.6. The SMILES string of the molecule is C=CC(=O)[C@@]1(O)C[C@@H](C=C)N(C(=O)OC(C)(C)C)[C@H]1CCCCOCc1ccc(OC)cc1. The van der Waals surface area contributed by atoms with E-state index in [-0.39, 0.29) is 6.42 Å². The summed E-state index contributed by atoms with van der Waals surface area (Å²) in [6.45, 7) is 13.7. The Labute approximate surface area is 197 Å². The lowest BCUT2D eigenvalue weighted by molar-refractivity contribution is -0.134. The molecule has 33 heavy (non-hydrogen) atoms. The van der Waals surface area contributed by atoms with Crippen LogP contribution in [0.25, 0.3) is 0 Å². The number of methoxy groups -OCH3 is 1. The molecule has 1 heterocycles. The van der Waals surface area contributed by atoms with Gasteiger partial charge in [-0.1, -0.05) is 24.8 Å². The quantitative estimate of drug-likeness (QED) is 0.299. The number of rotatable bonds is 11. The van der Waals surface area contributed by atoms with Crippen LogP contribution in [0.1, 0.15) is 52.0 Å². The molecule has 1 aliphatic heterocycles. The van der Waals surface area contributed by atoms with Crippen LogP contribution in [0.2, 0.25) is 0 Å². The van der Waals surface area contributed by atoms with E-state index in [1.54, 1.807) is 34.0 Å². The Morgan fingerprint density at radius 2 is 1.88 bits per heavy atom. The molecule has 0 saturated carbocycles. The average Bonchev–Trinajstić information content (AvgIpc) is 3.07. The van der Waals surface area contributed by atoms with Crippen LogP contribution in [0.4, 0.5) is 4.79 Å². The highest BCUT2D eigenvalue weighted by Gasteiger charge is 2.56. The lowest BCUT2D eigenvalue weighted by Crippen LogP contribution is -2.52. The smallest absolute Gasteiger partial charge is 0.411 e. The Morgan fingerprint density at radius 1 is 1.21 bits per heavy atom. The van der Waals surface area contributed by atoms with Crippen molar-refractivity contribution in [2.45, 2.75) is 76.3 Å². The van der Waals surface area contributed by atoms with E-state index in [0.717, 1.165) is 17.4 Å². The van der Waals surface area contributed by atoms with E-state index in [2.05, 4.69) is 13.2 Å². The third-order valence-electron chi connectivity index (χ3n) is 5.70. The number of carbonyl (C=O) groups is 2. The monoisotopic (exact) mass is 459 g/mol. The Kier molecular flexibility index (Phi) is 9.25. The molecule has 1 fully saturated rings. The molecule has 0 radical (unpaired) electrons. The van der Waals surface area contributed by atoms with E-state index >= 15 is 0 Å². The van der Waals surface area contributed by atoms with Gasteiger partial charge in [0.15, 0.2) is 5.78 Å². The summed E-state index contributed by atoms with van der Waals surface area (Å²) in [5, 5.41) is 11.3. The molecule has 7 nitrogen and oxygen atoms in total. The maximum atomic E-state index is 13.0. The van der Waals surface area contributed by atoms with Crippen LogP contribution in [0.5, 0.6) is 5.75 Å². The molecule has 1 aliphatic rings. The molecular weight excluding hydrogens is 422 g/mol. The van der Waals surface area contributed by atoms with Gasteiger partial charge < -0.3 is 19.3 Å². The van der Waals surface area contributed by atoms with Gasteiger partial charge in [-0.25, -0.2) is 4.79 Å². The second-order valence-electron chi connectivity index (χ2n) is 9.30. The number of carbonyl (C=O) groups excluding carboxylic acids is 2. The zero-order valence-corrected chi connectivity index (χ0v) is 20.2. The van der Waals surface area contributed by atoms with Gasteiger partial charge in [0.1, 0.15) is 17.0 Å². The van der Waals surface area contributed by atoms with E-state index < -0.39 is 35.2 Å². The Hall–Kier alpha value is -2.64. The number of nitrogens with zero attached hydrogens (tertiary/aromatic N) is 1. The zero-order valence-electron chi connectivity index (χ0n) is 20.2. The molecular formula is C26H37NO6. The maximum Gasteiger partial charge on any atom is 0.411 e. The first-order chi connectivity index (χ1) is 15.6. The molecule has 2 rings (SSSR count). The van der Waals surface area contributed by atoms with Gasteiger partial charge in [-0.15, -0.1) is 6.58 Å². The molecule has 1 amide bonds. The molecule has 0 aromatic heterocycles. The van der Waals surface area contributed by atoms with Crippen molar-refractivity contribution in [2.24, 2.45) is 0 Å². The van der Waals surface area contributed by atoms with Crippen LogP contribution in [-0.2, 0) is 20.9 Å². The highest BCUT2D eigenvalue weighted by Crippen LogP contribution is 2.39. The zero-order chi connectivity index (χ0) is 24.6. The summed E-state index contributed by atoms with van der Waals surface area (Å²) in [6, 6.07) is 6.43. The van der Waals surface area contributed by atoms with Crippen LogP contribution in [-0.4, -0.2) is 58.9 Å². The van der Waals surface area contributed by atoms with Crippen LogP contribution in [0, 0.1) is 0 Å². The first-order valence-corrected chi connectivity index (χ1v) is 11.3. The summed E-state index contributed by atoms with van der Waals surface area (Å²) in [5.74, 6) is 0.297. The number of unbranched alkanes of at least 4 members (excludes halogenated alkanes) is 1. The minimum Gasteiger partial charge on any atom is -0.497 e. The second-order valence-corrected chi connectivity index (χ2v) is 9.30. The Balaban J connectivity index is 2.00. The van der Waals surface area contributed by atoms with Gasteiger partial charge in [-0.05, 0) is 63.8 Å². The van der Waals surface area contributed by atoms with Crippen molar-refractivity contribution in [3.05, 3.63) is 55.1 Å². The number of hydrogen-bond donors (Lipinski definition) is 1. The van der Waals surface area contributed by atoms with Gasteiger partial charge in [-0.2, -0.15) is 0 Å². The highest BCUT2D eigenvalue weighted by molar-refractivity contribution is 5.98. The third-order valence-corrected chi connectivity index (χ3v) is 5.70. The molecule has 0 bridgehead atoms. The maximum absolute atomic E-state index is 13.0. The van der Waals surface area contributed by atoms with Gasteiger partial charge in [0.2, 0.25) is 0 Å². The first-order valence-electron chi connectivity index (χ1n) is 11.3. The van der Waals surface area contributed by atoms with Crippen LogP contribution in [0.3, 0.4) is 0 Å². The minimum atomic E-state index is -1.72. The van der Waals surface area contributed by atoms with E-state index in [9.17, 15) is 14.7 Å². The molecule has 1 aromatic carbocycles. The molecule has 182 valence electrons. The minimum absolute atomic E-state index is 0.0687. The molecule has 0 unspecified atom stereocenters. The van der Waals surface area contributed by atoms with Gasteiger partial charge in [0.05, 0.1) is 25.8 Å².